The SMILES string of the molecule is ClC1CC(Cl)C(c2ccc(-c3ccco3)cc2)C1CCCc1cccs1. The number of alkyl halides is 2. The molecule has 0 bridgehead atoms. The van der Waals surface area contributed by atoms with E-state index < -0.39 is 0 Å². The number of hydrogen-bond donors (Lipinski definition) is 0. The van der Waals surface area contributed by atoms with E-state index in [0.717, 1.165) is 30.6 Å². The first-order valence-electron chi connectivity index (χ1n) is 9.17. The van der Waals surface area contributed by atoms with Crippen LogP contribution in [-0.2, 0) is 6.42 Å². The highest BCUT2D eigenvalue weighted by atomic mass is 35.5. The highest BCUT2D eigenvalue weighted by Crippen LogP contribution is 2.47. The van der Waals surface area contributed by atoms with Crippen LogP contribution in [0, 0.1) is 5.92 Å². The van der Waals surface area contributed by atoms with Gasteiger partial charge in [-0.25, -0.2) is 0 Å². The summed E-state index contributed by atoms with van der Waals surface area (Å²) < 4.78 is 5.49. The van der Waals surface area contributed by atoms with E-state index in [1.54, 1.807) is 6.26 Å². The Bertz CT molecular complexity index is 795. The van der Waals surface area contributed by atoms with Crippen molar-refractivity contribution in [1.29, 1.82) is 0 Å². The Labute approximate surface area is 169 Å². The van der Waals surface area contributed by atoms with Gasteiger partial charge in [-0.2, -0.15) is 0 Å². The van der Waals surface area contributed by atoms with Crippen molar-refractivity contribution in [2.24, 2.45) is 5.92 Å². The van der Waals surface area contributed by atoms with Crippen molar-refractivity contribution in [2.45, 2.75) is 42.4 Å². The van der Waals surface area contributed by atoms with Gasteiger partial charge in [0.25, 0.3) is 0 Å². The Balaban J connectivity index is 1.47. The van der Waals surface area contributed by atoms with Crippen molar-refractivity contribution in [1.82, 2.24) is 0 Å². The summed E-state index contributed by atoms with van der Waals surface area (Å²) in [4.78, 5) is 1.45. The van der Waals surface area contributed by atoms with Crippen LogP contribution in [0.15, 0.2) is 64.6 Å². The predicted molar refractivity (Wildman–Crippen MR) is 112 cm³/mol. The van der Waals surface area contributed by atoms with Gasteiger partial charge in [-0.05, 0) is 60.7 Å². The second kappa shape index (κ2) is 8.21. The summed E-state index contributed by atoms with van der Waals surface area (Å²) in [7, 11) is 0. The first-order chi connectivity index (χ1) is 12.7. The van der Waals surface area contributed by atoms with E-state index in [1.807, 2.05) is 23.5 Å². The number of thiophene rings is 1. The molecule has 1 aliphatic carbocycles. The van der Waals surface area contributed by atoms with Crippen LogP contribution in [0.25, 0.3) is 11.3 Å². The van der Waals surface area contributed by atoms with Gasteiger partial charge in [0, 0.05) is 27.1 Å². The molecule has 4 rings (SSSR count). The van der Waals surface area contributed by atoms with Crippen LogP contribution in [0.1, 0.15) is 35.6 Å². The van der Waals surface area contributed by atoms with Gasteiger partial charge >= 0.3 is 0 Å². The Morgan fingerprint density at radius 2 is 1.85 bits per heavy atom. The highest BCUT2D eigenvalue weighted by molar-refractivity contribution is 7.09. The topological polar surface area (TPSA) is 13.1 Å². The third-order valence-corrected chi connectivity index (χ3v) is 7.30. The van der Waals surface area contributed by atoms with Gasteiger partial charge in [-0.1, -0.05) is 30.3 Å². The lowest BCUT2D eigenvalue weighted by Gasteiger charge is -2.24. The maximum absolute atomic E-state index is 6.72. The van der Waals surface area contributed by atoms with Crippen LogP contribution in [0.4, 0.5) is 0 Å². The molecule has 1 nitrogen and oxygen atoms in total. The summed E-state index contributed by atoms with van der Waals surface area (Å²) in [5, 5.41) is 2.42. The van der Waals surface area contributed by atoms with E-state index in [9.17, 15) is 0 Å². The van der Waals surface area contributed by atoms with Crippen LogP contribution < -0.4 is 0 Å². The van der Waals surface area contributed by atoms with Crippen LogP contribution in [0.2, 0.25) is 0 Å². The molecule has 0 spiro atoms. The number of aryl methyl sites for hydroxylation is 1. The van der Waals surface area contributed by atoms with Crippen LogP contribution in [0.3, 0.4) is 0 Å². The van der Waals surface area contributed by atoms with E-state index in [-0.39, 0.29) is 10.8 Å². The number of rotatable bonds is 6. The fourth-order valence-electron chi connectivity index (χ4n) is 4.13. The summed E-state index contributed by atoms with van der Waals surface area (Å²) >= 11 is 15.2. The van der Waals surface area contributed by atoms with Crippen molar-refractivity contribution in [3.8, 4) is 11.3 Å². The van der Waals surface area contributed by atoms with E-state index in [0.29, 0.717) is 11.8 Å². The van der Waals surface area contributed by atoms with E-state index >= 15 is 0 Å². The lowest BCUT2D eigenvalue weighted by atomic mass is 9.85. The third kappa shape index (κ3) is 3.88. The molecule has 136 valence electrons. The van der Waals surface area contributed by atoms with Crippen LogP contribution in [0.5, 0.6) is 0 Å². The first kappa shape index (κ1) is 18.2. The predicted octanol–water partition coefficient (Wildman–Crippen LogP) is 7.35. The first-order valence-corrected chi connectivity index (χ1v) is 10.9. The lowest BCUT2D eigenvalue weighted by Crippen LogP contribution is -2.17. The zero-order valence-electron chi connectivity index (χ0n) is 14.5. The molecule has 1 saturated carbocycles. The average molecular weight is 405 g/mol. The molecule has 4 heteroatoms. The Morgan fingerprint density at radius 3 is 2.54 bits per heavy atom. The normalized spacial score (nSPS) is 25.6. The molecule has 0 N–H and O–H groups in total. The molecule has 4 atom stereocenters. The second-order valence-corrected chi connectivity index (χ2v) is 9.18. The van der Waals surface area contributed by atoms with Gasteiger partial charge < -0.3 is 4.42 Å². The monoisotopic (exact) mass is 404 g/mol. The molecule has 0 aliphatic heterocycles. The van der Waals surface area contributed by atoms with Crippen molar-refractivity contribution in [3.05, 3.63) is 70.6 Å². The number of halogens is 2. The van der Waals surface area contributed by atoms with Gasteiger partial charge in [0.2, 0.25) is 0 Å². The second-order valence-electron chi connectivity index (χ2n) is 7.03. The molecular formula is C22H22Cl2OS. The minimum absolute atomic E-state index is 0.110. The van der Waals surface area contributed by atoms with E-state index in [4.69, 9.17) is 27.6 Å². The van der Waals surface area contributed by atoms with Gasteiger partial charge in [0.1, 0.15) is 5.76 Å². The molecule has 0 radical (unpaired) electrons. The molecule has 2 aromatic heterocycles. The number of benzene rings is 1. The molecule has 1 aromatic carbocycles. The van der Waals surface area contributed by atoms with Crippen molar-refractivity contribution < 1.29 is 4.42 Å². The summed E-state index contributed by atoms with van der Waals surface area (Å²) in [6.45, 7) is 0. The van der Waals surface area contributed by atoms with Crippen LogP contribution in [-0.4, -0.2) is 10.8 Å². The van der Waals surface area contributed by atoms with Gasteiger partial charge in [0.05, 0.1) is 6.26 Å². The molecule has 1 fully saturated rings. The summed E-state index contributed by atoms with van der Waals surface area (Å²) in [5.74, 6) is 1.66. The Kier molecular flexibility index (Phi) is 5.73. The molecule has 3 aromatic rings. The molecule has 2 heterocycles. The summed E-state index contributed by atoms with van der Waals surface area (Å²) in [5.41, 5.74) is 2.39. The Morgan fingerprint density at radius 1 is 1.00 bits per heavy atom. The number of hydrogen-bond acceptors (Lipinski definition) is 2. The average Bonchev–Trinajstić information content (AvgIpc) is 3.38. The van der Waals surface area contributed by atoms with Gasteiger partial charge in [-0.15, -0.1) is 34.5 Å². The summed E-state index contributed by atoms with van der Waals surface area (Å²) in [6.07, 6.45) is 6.02. The van der Waals surface area contributed by atoms with Crippen molar-refractivity contribution in [3.63, 3.8) is 0 Å². The van der Waals surface area contributed by atoms with Gasteiger partial charge in [-0.3, -0.25) is 0 Å². The fraction of sp³-hybridized carbons (Fsp3) is 0.364. The minimum atomic E-state index is 0.110. The maximum atomic E-state index is 6.72. The van der Waals surface area contributed by atoms with Gasteiger partial charge in [0.15, 0.2) is 0 Å². The lowest BCUT2D eigenvalue weighted by molar-refractivity contribution is 0.441. The summed E-state index contributed by atoms with van der Waals surface area (Å²) in [6, 6.07) is 16.9. The maximum Gasteiger partial charge on any atom is 0.133 e. The fourth-order valence-corrected chi connectivity index (χ4v) is 5.97. The molecular weight excluding hydrogens is 383 g/mol. The zero-order valence-corrected chi connectivity index (χ0v) is 16.8. The Hall–Kier alpha value is -1.22. The molecule has 1 aliphatic rings. The van der Waals surface area contributed by atoms with Crippen molar-refractivity contribution in [2.75, 3.05) is 0 Å². The van der Waals surface area contributed by atoms with Crippen molar-refractivity contribution >= 4 is 34.5 Å². The van der Waals surface area contributed by atoms with E-state index in [1.165, 1.54) is 16.9 Å². The van der Waals surface area contributed by atoms with E-state index in [2.05, 4.69) is 41.8 Å². The third-order valence-electron chi connectivity index (χ3n) is 5.41. The largest absolute Gasteiger partial charge is 0.464 e. The molecule has 26 heavy (non-hydrogen) atoms. The smallest absolute Gasteiger partial charge is 0.133 e. The minimum Gasteiger partial charge on any atom is -0.464 e. The quantitative estimate of drug-likeness (QED) is 0.391. The molecule has 0 amide bonds. The highest BCUT2D eigenvalue weighted by Gasteiger charge is 2.41. The number of furan rings is 1. The van der Waals surface area contributed by atoms with Crippen LogP contribution >= 0.6 is 34.5 Å². The molecule has 0 saturated heterocycles. The zero-order chi connectivity index (χ0) is 17.9. The standard InChI is InChI=1S/C22H22Cl2OS/c23-19-14-20(24)22(18(19)6-1-4-17-5-3-13-26-17)16-10-8-15(9-11-16)21-7-2-12-25-21/h2-3,5,7-13,18-20,22H,1,4,6,14H2. The molecule has 4 unspecified atom stereocenters.